The Morgan fingerprint density at radius 3 is 2.52 bits per heavy atom. The van der Waals surface area contributed by atoms with Gasteiger partial charge in [-0.3, -0.25) is 4.79 Å². The van der Waals surface area contributed by atoms with Gasteiger partial charge in [-0.2, -0.15) is 0 Å². The number of aromatic nitrogens is 2. The van der Waals surface area contributed by atoms with Crippen LogP contribution in [0.15, 0.2) is 30.3 Å². The number of nitrogens with one attached hydrogen (secondary N) is 2. The molecule has 0 atom stereocenters. The highest BCUT2D eigenvalue weighted by Crippen LogP contribution is 2.27. The van der Waals surface area contributed by atoms with Crippen LogP contribution in [0.2, 0.25) is 10.0 Å². The van der Waals surface area contributed by atoms with Crippen molar-refractivity contribution in [1.29, 1.82) is 0 Å². The van der Waals surface area contributed by atoms with Crippen molar-refractivity contribution in [3.05, 3.63) is 40.4 Å². The second kappa shape index (κ2) is 9.44. The van der Waals surface area contributed by atoms with E-state index in [0.29, 0.717) is 33.3 Å². The maximum atomic E-state index is 11.9. The van der Waals surface area contributed by atoms with Crippen LogP contribution in [0.1, 0.15) is 20.3 Å². The summed E-state index contributed by atoms with van der Waals surface area (Å²) in [6, 6.07) is 8.23. The van der Waals surface area contributed by atoms with E-state index in [1.807, 2.05) is 0 Å². The van der Waals surface area contributed by atoms with Crippen molar-refractivity contribution in [2.24, 2.45) is 5.92 Å². The highest BCUT2D eigenvalue weighted by Gasteiger charge is 2.08. The predicted octanol–water partition coefficient (Wildman–Crippen LogP) is 4.26. The van der Waals surface area contributed by atoms with Gasteiger partial charge in [0, 0.05) is 11.6 Å². The van der Waals surface area contributed by atoms with Crippen molar-refractivity contribution in [3.8, 4) is 5.75 Å². The molecule has 0 fully saturated rings. The van der Waals surface area contributed by atoms with Crippen LogP contribution in [-0.2, 0) is 4.79 Å². The summed E-state index contributed by atoms with van der Waals surface area (Å²) in [6.07, 6.45) is 1.05. The molecule has 25 heavy (non-hydrogen) atoms. The zero-order valence-electron chi connectivity index (χ0n) is 14.1. The number of hydrogen-bond acceptors (Lipinski definition) is 5. The van der Waals surface area contributed by atoms with Crippen LogP contribution < -0.4 is 15.4 Å². The molecule has 1 heterocycles. The van der Waals surface area contributed by atoms with E-state index in [2.05, 4.69) is 34.7 Å². The molecule has 0 aliphatic rings. The van der Waals surface area contributed by atoms with Gasteiger partial charge >= 0.3 is 0 Å². The highest BCUT2D eigenvalue weighted by molar-refractivity contribution is 6.35. The van der Waals surface area contributed by atoms with Crippen molar-refractivity contribution in [2.75, 3.05) is 23.8 Å². The fraction of sp³-hybridized carbons (Fsp3) is 0.353. The van der Waals surface area contributed by atoms with Gasteiger partial charge in [-0.25, -0.2) is 0 Å². The Balaban J connectivity index is 1.80. The monoisotopic (exact) mass is 382 g/mol. The first-order chi connectivity index (χ1) is 11.9. The van der Waals surface area contributed by atoms with Gasteiger partial charge in [0.25, 0.3) is 5.91 Å². The van der Waals surface area contributed by atoms with Gasteiger partial charge in [-0.15, -0.1) is 10.2 Å². The van der Waals surface area contributed by atoms with Crippen molar-refractivity contribution in [3.63, 3.8) is 0 Å². The van der Waals surface area contributed by atoms with Gasteiger partial charge in [-0.1, -0.05) is 37.0 Å². The highest BCUT2D eigenvalue weighted by atomic mass is 35.5. The first-order valence-electron chi connectivity index (χ1n) is 7.89. The molecule has 2 rings (SSSR count). The maximum absolute atomic E-state index is 11.9. The fourth-order valence-electron chi connectivity index (χ4n) is 1.90. The van der Waals surface area contributed by atoms with E-state index in [-0.39, 0.29) is 12.5 Å². The summed E-state index contributed by atoms with van der Waals surface area (Å²) in [4.78, 5) is 11.9. The standard InChI is InChI=1S/C17H20Cl2N4O2/c1-11(2)7-8-20-15-5-6-16(23-22-15)21-17(24)10-25-14-4-3-12(18)9-13(14)19/h3-6,9,11H,7-8,10H2,1-2H3,(H,20,22)(H,21,23,24). The average Bonchev–Trinajstić information content (AvgIpc) is 2.55. The molecule has 1 aromatic carbocycles. The largest absolute Gasteiger partial charge is 0.482 e. The number of amides is 1. The van der Waals surface area contributed by atoms with Gasteiger partial charge in [-0.05, 0) is 42.7 Å². The zero-order valence-corrected chi connectivity index (χ0v) is 15.6. The summed E-state index contributed by atoms with van der Waals surface area (Å²) in [6.45, 7) is 4.95. The van der Waals surface area contributed by atoms with E-state index in [1.165, 1.54) is 0 Å². The van der Waals surface area contributed by atoms with Crippen LogP contribution >= 0.6 is 23.2 Å². The Hall–Kier alpha value is -2.05. The topological polar surface area (TPSA) is 76.1 Å². The molecule has 0 bridgehead atoms. The number of ether oxygens (including phenoxy) is 1. The van der Waals surface area contributed by atoms with Crippen molar-refractivity contribution in [2.45, 2.75) is 20.3 Å². The van der Waals surface area contributed by atoms with Crippen molar-refractivity contribution < 1.29 is 9.53 Å². The normalized spacial score (nSPS) is 10.6. The second-order valence-electron chi connectivity index (χ2n) is 5.82. The molecule has 0 aliphatic heterocycles. The van der Waals surface area contributed by atoms with E-state index in [9.17, 15) is 4.79 Å². The van der Waals surface area contributed by atoms with Gasteiger partial charge in [0.1, 0.15) is 11.6 Å². The van der Waals surface area contributed by atoms with Crippen LogP contribution in [0, 0.1) is 5.92 Å². The Morgan fingerprint density at radius 2 is 1.88 bits per heavy atom. The average molecular weight is 383 g/mol. The summed E-state index contributed by atoms with van der Waals surface area (Å²) in [5.74, 6) is 1.67. The summed E-state index contributed by atoms with van der Waals surface area (Å²) in [7, 11) is 0. The minimum absolute atomic E-state index is 0.197. The van der Waals surface area contributed by atoms with Crippen molar-refractivity contribution >= 4 is 40.7 Å². The number of carbonyl (C=O) groups is 1. The number of carbonyl (C=O) groups excluding carboxylic acids is 1. The zero-order chi connectivity index (χ0) is 18.2. The Morgan fingerprint density at radius 1 is 1.16 bits per heavy atom. The lowest BCUT2D eigenvalue weighted by atomic mass is 10.1. The van der Waals surface area contributed by atoms with E-state index < -0.39 is 0 Å². The molecule has 2 aromatic rings. The number of hydrogen-bond donors (Lipinski definition) is 2. The quantitative estimate of drug-likeness (QED) is 0.713. The Kier molecular flexibility index (Phi) is 7.28. The number of anilines is 2. The van der Waals surface area contributed by atoms with Gasteiger partial charge < -0.3 is 15.4 Å². The molecule has 0 saturated heterocycles. The van der Waals surface area contributed by atoms with Gasteiger partial charge in [0.05, 0.1) is 5.02 Å². The fourth-order valence-corrected chi connectivity index (χ4v) is 2.36. The summed E-state index contributed by atoms with van der Waals surface area (Å²) in [5.41, 5.74) is 0. The third kappa shape index (κ3) is 6.76. The van der Waals surface area contributed by atoms with Crippen molar-refractivity contribution in [1.82, 2.24) is 10.2 Å². The molecule has 1 aromatic heterocycles. The summed E-state index contributed by atoms with van der Waals surface area (Å²) < 4.78 is 5.36. The number of nitrogens with zero attached hydrogens (tertiary/aromatic N) is 2. The van der Waals surface area contributed by atoms with Gasteiger partial charge in [0.2, 0.25) is 0 Å². The third-order valence-corrected chi connectivity index (χ3v) is 3.74. The first kappa shape index (κ1) is 19.3. The van der Waals surface area contributed by atoms with Crippen LogP contribution in [-0.4, -0.2) is 29.3 Å². The molecular weight excluding hydrogens is 363 g/mol. The molecule has 0 unspecified atom stereocenters. The lowest BCUT2D eigenvalue weighted by Gasteiger charge is -2.09. The molecule has 6 nitrogen and oxygen atoms in total. The minimum Gasteiger partial charge on any atom is -0.482 e. The third-order valence-electron chi connectivity index (χ3n) is 3.21. The summed E-state index contributed by atoms with van der Waals surface area (Å²) >= 11 is 11.8. The predicted molar refractivity (Wildman–Crippen MR) is 101 cm³/mol. The smallest absolute Gasteiger partial charge is 0.263 e. The van der Waals surface area contributed by atoms with E-state index in [1.54, 1.807) is 30.3 Å². The van der Waals surface area contributed by atoms with Crippen LogP contribution in [0.5, 0.6) is 5.75 Å². The molecule has 0 spiro atoms. The van der Waals surface area contributed by atoms with Crippen LogP contribution in [0.4, 0.5) is 11.6 Å². The minimum atomic E-state index is -0.360. The molecule has 0 aliphatic carbocycles. The molecule has 134 valence electrons. The number of rotatable bonds is 8. The molecule has 1 amide bonds. The number of halogens is 2. The molecule has 2 N–H and O–H groups in total. The molecule has 8 heteroatoms. The lowest BCUT2D eigenvalue weighted by molar-refractivity contribution is -0.118. The van der Waals surface area contributed by atoms with Crippen LogP contribution in [0.3, 0.4) is 0 Å². The Bertz CT molecular complexity index is 708. The SMILES string of the molecule is CC(C)CCNc1ccc(NC(=O)COc2ccc(Cl)cc2Cl)nn1. The van der Waals surface area contributed by atoms with Gasteiger partial charge in [0.15, 0.2) is 12.4 Å². The van der Waals surface area contributed by atoms with E-state index in [4.69, 9.17) is 27.9 Å². The lowest BCUT2D eigenvalue weighted by Crippen LogP contribution is -2.21. The molecule has 0 saturated carbocycles. The molecular formula is C17H20Cl2N4O2. The van der Waals surface area contributed by atoms with Crippen LogP contribution in [0.25, 0.3) is 0 Å². The maximum Gasteiger partial charge on any atom is 0.263 e. The first-order valence-corrected chi connectivity index (χ1v) is 8.65. The molecule has 0 radical (unpaired) electrons. The van der Waals surface area contributed by atoms with E-state index in [0.717, 1.165) is 13.0 Å². The van der Waals surface area contributed by atoms with E-state index >= 15 is 0 Å². The Labute approximate surface area is 156 Å². The summed E-state index contributed by atoms with van der Waals surface area (Å²) in [5, 5.41) is 14.6. The second-order valence-corrected chi connectivity index (χ2v) is 6.67. The number of benzene rings is 1.